The summed E-state index contributed by atoms with van der Waals surface area (Å²) < 4.78 is 21.4. The summed E-state index contributed by atoms with van der Waals surface area (Å²) >= 11 is 0. The first kappa shape index (κ1) is 20.5. The molecular weight excluding hydrogens is 411 g/mol. The number of carbonyl (C=O) groups excluding carboxylic acids is 1. The quantitative estimate of drug-likeness (QED) is 0.643. The SMILES string of the molecule is Cn1c(=O)oc2ccc(-c3ccc(C[C@@H](C#N)NC(=O)[C@@H]4N[C@@H]5CC[C@H]4C5)c(F)c3)cc21. The van der Waals surface area contributed by atoms with E-state index in [2.05, 4.69) is 16.7 Å². The molecule has 2 fully saturated rings. The first-order valence-corrected chi connectivity index (χ1v) is 10.8. The van der Waals surface area contributed by atoms with Gasteiger partial charge in [-0.25, -0.2) is 9.18 Å². The lowest BCUT2D eigenvalue weighted by molar-refractivity contribution is -0.124. The minimum Gasteiger partial charge on any atom is -0.408 e. The van der Waals surface area contributed by atoms with Crippen LogP contribution in [0.15, 0.2) is 45.6 Å². The van der Waals surface area contributed by atoms with Gasteiger partial charge in [-0.1, -0.05) is 18.2 Å². The van der Waals surface area contributed by atoms with Gasteiger partial charge < -0.3 is 15.1 Å². The van der Waals surface area contributed by atoms with Crippen molar-refractivity contribution in [3.05, 3.63) is 58.3 Å². The van der Waals surface area contributed by atoms with Gasteiger partial charge in [0.15, 0.2) is 5.58 Å². The Morgan fingerprint density at radius 1 is 1.31 bits per heavy atom. The second-order valence-corrected chi connectivity index (χ2v) is 8.72. The van der Waals surface area contributed by atoms with E-state index in [4.69, 9.17) is 4.42 Å². The van der Waals surface area contributed by atoms with Gasteiger partial charge in [0, 0.05) is 19.5 Å². The number of fused-ring (bicyclic) bond motifs is 3. The summed E-state index contributed by atoms with van der Waals surface area (Å²) in [5.74, 6) is -0.762. The number of carbonyl (C=O) groups is 1. The van der Waals surface area contributed by atoms with E-state index in [1.165, 1.54) is 10.6 Å². The molecule has 2 aromatic carbocycles. The molecule has 2 N–H and O–H groups in total. The molecule has 2 heterocycles. The predicted octanol–water partition coefficient (Wildman–Crippen LogP) is 2.63. The first-order chi connectivity index (χ1) is 15.4. The molecule has 0 radical (unpaired) electrons. The molecule has 8 heteroatoms. The molecule has 5 rings (SSSR count). The van der Waals surface area contributed by atoms with Crippen molar-refractivity contribution in [3.63, 3.8) is 0 Å². The van der Waals surface area contributed by atoms with Crippen LogP contribution in [0.1, 0.15) is 24.8 Å². The molecule has 1 amide bonds. The molecule has 1 aromatic heterocycles. The number of benzene rings is 2. The molecule has 0 spiro atoms. The maximum absolute atomic E-state index is 14.9. The number of aromatic nitrogens is 1. The Morgan fingerprint density at radius 2 is 2.09 bits per heavy atom. The van der Waals surface area contributed by atoms with E-state index in [0.717, 1.165) is 24.8 Å². The van der Waals surface area contributed by atoms with Crippen molar-refractivity contribution >= 4 is 17.0 Å². The number of nitrogens with one attached hydrogen (secondary N) is 2. The minimum absolute atomic E-state index is 0.0877. The topological polar surface area (TPSA) is 100 Å². The fourth-order valence-corrected chi connectivity index (χ4v) is 4.96. The number of amides is 1. The van der Waals surface area contributed by atoms with E-state index in [-0.39, 0.29) is 18.4 Å². The number of aryl methyl sites for hydroxylation is 1. The largest absolute Gasteiger partial charge is 0.419 e. The number of hydrogen-bond donors (Lipinski definition) is 2. The Bertz CT molecular complexity index is 1300. The van der Waals surface area contributed by atoms with E-state index >= 15 is 0 Å². The smallest absolute Gasteiger partial charge is 0.408 e. The maximum atomic E-state index is 14.9. The molecular formula is C24H23FN4O3. The molecule has 2 bridgehead atoms. The van der Waals surface area contributed by atoms with Crippen LogP contribution in [0.4, 0.5) is 4.39 Å². The highest BCUT2D eigenvalue weighted by Crippen LogP contribution is 2.35. The van der Waals surface area contributed by atoms with Crippen LogP contribution in [0.25, 0.3) is 22.2 Å². The third-order valence-corrected chi connectivity index (χ3v) is 6.72. The zero-order valence-electron chi connectivity index (χ0n) is 17.6. The molecule has 32 heavy (non-hydrogen) atoms. The van der Waals surface area contributed by atoms with Gasteiger partial charge >= 0.3 is 5.76 Å². The highest BCUT2D eigenvalue weighted by atomic mass is 19.1. The summed E-state index contributed by atoms with van der Waals surface area (Å²) in [6.07, 6.45) is 3.22. The van der Waals surface area contributed by atoms with Crippen LogP contribution in [0.3, 0.4) is 0 Å². The molecule has 1 saturated heterocycles. The van der Waals surface area contributed by atoms with Crippen molar-refractivity contribution in [3.8, 4) is 17.2 Å². The Morgan fingerprint density at radius 3 is 2.78 bits per heavy atom. The van der Waals surface area contributed by atoms with Crippen LogP contribution in [-0.4, -0.2) is 28.6 Å². The molecule has 1 aliphatic heterocycles. The summed E-state index contributed by atoms with van der Waals surface area (Å²) in [6.45, 7) is 0. The molecule has 1 aliphatic carbocycles. The van der Waals surface area contributed by atoms with Gasteiger partial charge in [-0.05, 0) is 60.1 Å². The second-order valence-electron chi connectivity index (χ2n) is 8.72. The lowest BCUT2D eigenvalue weighted by Gasteiger charge is -2.23. The molecule has 164 valence electrons. The average molecular weight is 434 g/mol. The highest BCUT2D eigenvalue weighted by Gasteiger charge is 2.43. The van der Waals surface area contributed by atoms with Gasteiger partial charge in [0.25, 0.3) is 0 Å². The summed E-state index contributed by atoms with van der Waals surface area (Å²) in [5.41, 5.74) is 2.84. The minimum atomic E-state index is -0.805. The van der Waals surface area contributed by atoms with E-state index < -0.39 is 17.6 Å². The van der Waals surface area contributed by atoms with Gasteiger partial charge in [-0.15, -0.1) is 0 Å². The van der Waals surface area contributed by atoms with Gasteiger partial charge in [0.1, 0.15) is 11.9 Å². The molecule has 0 unspecified atom stereocenters. The Balaban J connectivity index is 1.31. The lowest BCUT2D eigenvalue weighted by Crippen LogP contribution is -2.50. The molecule has 1 saturated carbocycles. The number of piperidine rings is 1. The third kappa shape index (κ3) is 3.59. The van der Waals surface area contributed by atoms with Crippen molar-refractivity contribution in [2.75, 3.05) is 0 Å². The zero-order valence-corrected chi connectivity index (χ0v) is 17.6. The highest BCUT2D eigenvalue weighted by molar-refractivity contribution is 5.83. The van der Waals surface area contributed by atoms with E-state index in [9.17, 15) is 19.2 Å². The van der Waals surface area contributed by atoms with E-state index in [1.54, 1.807) is 37.4 Å². The predicted molar refractivity (Wildman–Crippen MR) is 116 cm³/mol. The van der Waals surface area contributed by atoms with Gasteiger partial charge in [0.2, 0.25) is 5.91 Å². The molecule has 3 aromatic rings. The van der Waals surface area contributed by atoms with Crippen molar-refractivity contribution in [2.45, 2.75) is 43.8 Å². The Hall–Kier alpha value is -3.44. The van der Waals surface area contributed by atoms with Crippen LogP contribution in [-0.2, 0) is 18.3 Å². The van der Waals surface area contributed by atoms with Crippen LogP contribution in [0.5, 0.6) is 0 Å². The maximum Gasteiger partial charge on any atom is 0.419 e. The number of nitrogens with zero attached hydrogens (tertiary/aromatic N) is 2. The molecule has 2 aliphatic rings. The van der Waals surface area contributed by atoms with Crippen molar-refractivity contribution in [2.24, 2.45) is 13.0 Å². The number of nitriles is 1. The van der Waals surface area contributed by atoms with Crippen LogP contribution >= 0.6 is 0 Å². The summed E-state index contributed by atoms with van der Waals surface area (Å²) in [4.78, 5) is 24.3. The second kappa shape index (κ2) is 7.92. The fourth-order valence-electron chi connectivity index (χ4n) is 4.96. The Labute approximate surface area is 183 Å². The van der Waals surface area contributed by atoms with Gasteiger partial charge in [-0.2, -0.15) is 5.26 Å². The van der Waals surface area contributed by atoms with Crippen LogP contribution in [0, 0.1) is 23.1 Å². The van der Waals surface area contributed by atoms with Crippen LogP contribution in [0.2, 0.25) is 0 Å². The normalized spacial score (nSPS) is 22.7. The number of rotatable bonds is 5. The fraction of sp³-hybridized carbons (Fsp3) is 0.375. The van der Waals surface area contributed by atoms with E-state index in [1.807, 2.05) is 0 Å². The van der Waals surface area contributed by atoms with Gasteiger partial charge in [0.05, 0.1) is 17.6 Å². The number of hydrogen-bond acceptors (Lipinski definition) is 5. The standard InChI is InChI=1S/C24H23FN4O3/c1-29-20-11-14(5-7-21(20)32-24(29)31)13-2-3-15(19(25)10-13)8-18(12-26)28-23(30)22-16-4-6-17(9-16)27-22/h2-3,5,7,10-11,16-18,22,27H,4,6,8-9H2,1H3,(H,28,30)/t16-,17+,18-,22+/m0/s1. The monoisotopic (exact) mass is 434 g/mol. The summed E-state index contributed by atoms with van der Waals surface area (Å²) in [5, 5.41) is 15.6. The Kier molecular flexibility index (Phi) is 5.06. The van der Waals surface area contributed by atoms with Crippen molar-refractivity contribution in [1.82, 2.24) is 15.2 Å². The third-order valence-electron chi connectivity index (χ3n) is 6.72. The van der Waals surface area contributed by atoms with Crippen molar-refractivity contribution in [1.29, 1.82) is 5.26 Å². The lowest BCUT2D eigenvalue weighted by atomic mass is 9.97. The number of oxazole rings is 1. The zero-order chi connectivity index (χ0) is 22.4. The summed E-state index contributed by atoms with van der Waals surface area (Å²) in [6, 6.07) is 11.4. The molecule has 7 nitrogen and oxygen atoms in total. The first-order valence-electron chi connectivity index (χ1n) is 10.8. The van der Waals surface area contributed by atoms with Crippen LogP contribution < -0.4 is 16.4 Å². The number of halogens is 1. The summed E-state index contributed by atoms with van der Waals surface area (Å²) in [7, 11) is 1.62. The van der Waals surface area contributed by atoms with Crippen molar-refractivity contribution < 1.29 is 13.6 Å². The molecule has 4 atom stereocenters. The van der Waals surface area contributed by atoms with E-state index in [0.29, 0.717) is 34.2 Å². The average Bonchev–Trinajstić information content (AvgIpc) is 3.50. The van der Waals surface area contributed by atoms with Gasteiger partial charge in [-0.3, -0.25) is 9.36 Å².